The van der Waals surface area contributed by atoms with Crippen LogP contribution in [0.15, 0.2) is 66.7 Å². The van der Waals surface area contributed by atoms with Crippen LogP contribution in [0, 0.1) is 19.7 Å². The van der Waals surface area contributed by atoms with E-state index in [1.54, 1.807) is 12.1 Å². The van der Waals surface area contributed by atoms with Crippen molar-refractivity contribution in [2.45, 2.75) is 52.9 Å². The molecule has 28 heavy (non-hydrogen) atoms. The molecule has 0 aromatic heterocycles. The van der Waals surface area contributed by atoms with E-state index in [-0.39, 0.29) is 5.82 Å². The van der Waals surface area contributed by atoms with Crippen molar-refractivity contribution < 1.29 is 4.39 Å². The topological polar surface area (TPSA) is 26.0 Å². The van der Waals surface area contributed by atoms with E-state index in [1.807, 2.05) is 13.0 Å². The molecule has 3 aromatic carbocycles. The van der Waals surface area contributed by atoms with Gasteiger partial charge in [0.25, 0.3) is 0 Å². The third-order valence-corrected chi connectivity index (χ3v) is 4.89. The lowest BCUT2D eigenvalue weighted by atomic mass is 9.88. The average molecular weight is 378 g/mol. The van der Waals surface area contributed by atoms with Crippen LogP contribution in [-0.2, 0) is 12.8 Å². The molecule has 3 rings (SSSR count). The zero-order valence-electron chi connectivity index (χ0n) is 17.5. The van der Waals surface area contributed by atoms with Crippen LogP contribution in [0.5, 0.6) is 0 Å². The third-order valence-electron chi connectivity index (χ3n) is 4.89. The molecule has 0 bridgehead atoms. The smallest absolute Gasteiger partial charge is 0.123 e. The molecule has 2 heteroatoms. The van der Waals surface area contributed by atoms with E-state index in [4.69, 9.17) is 5.73 Å². The van der Waals surface area contributed by atoms with Gasteiger partial charge in [0.1, 0.15) is 5.82 Å². The SMILES string of the molecule is CCCc1cc(N)ccc1C(C)Cc1ccc(C)cc1.Cc1ccc(F)cc1. The Kier molecular flexibility index (Phi) is 8.25. The summed E-state index contributed by atoms with van der Waals surface area (Å²) >= 11 is 0. The van der Waals surface area contributed by atoms with Gasteiger partial charge in [-0.05, 0) is 73.6 Å². The van der Waals surface area contributed by atoms with Gasteiger partial charge >= 0.3 is 0 Å². The molecule has 0 amide bonds. The van der Waals surface area contributed by atoms with Crippen LogP contribution in [0.25, 0.3) is 0 Å². The largest absolute Gasteiger partial charge is 0.399 e. The van der Waals surface area contributed by atoms with Gasteiger partial charge in [0.05, 0.1) is 0 Å². The number of benzene rings is 3. The van der Waals surface area contributed by atoms with Gasteiger partial charge in [-0.3, -0.25) is 0 Å². The summed E-state index contributed by atoms with van der Waals surface area (Å²) < 4.78 is 12.1. The number of aryl methyl sites for hydroxylation is 3. The van der Waals surface area contributed by atoms with Crippen molar-refractivity contribution in [2.24, 2.45) is 0 Å². The molecule has 0 aliphatic heterocycles. The fourth-order valence-corrected chi connectivity index (χ4v) is 3.31. The van der Waals surface area contributed by atoms with Gasteiger partial charge < -0.3 is 5.73 Å². The molecule has 2 N–H and O–H groups in total. The second-order valence-corrected chi connectivity index (χ2v) is 7.59. The first-order chi connectivity index (χ1) is 13.4. The predicted molar refractivity (Wildman–Crippen MR) is 119 cm³/mol. The molecular formula is C26H32FN. The first kappa shape index (κ1) is 21.7. The zero-order valence-corrected chi connectivity index (χ0v) is 17.5. The van der Waals surface area contributed by atoms with Crippen LogP contribution in [0.4, 0.5) is 10.1 Å². The molecule has 0 fully saturated rings. The Labute approximate surface area is 169 Å². The lowest BCUT2D eigenvalue weighted by Gasteiger charge is -2.17. The Bertz CT molecular complexity index is 830. The number of hydrogen-bond donors (Lipinski definition) is 1. The van der Waals surface area contributed by atoms with Crippen molar-refractivity contribution in [2.75, 3.05) is 5.73 Å². The van der Waals surface area contributed by atoms with E-state index in [1.165, 1.54) is 34.4 Å². The van der Waals surface area contributed by atoms with Gasteiger partial charge in [0.15, 0.2) is 0 Å². The molecule has 0 saturated carbocycles. The normalized spacial score (nSPS) is 11.5. The number of rotatable bonds is 5. The van der Waals surface area contributed by atoms with Gasteiger partial charge in [-0.2, -0.15) is 0 Å². The van der Waals surface area contributed by atoms with Gasteiger partial charge in [-0.15, -0.1) is 0 Å². The highest BCUT2D eigenvalue weighted by molar-refractivity contribution is 5.46. The molecule has 0 aliphatic carbocycles. The molecule has 0 saturated heterocycles. The summed E-state index contributed by atoms with van der Waals surface area (Å²) in [4.78, 5) is 0. The molecule has 1 nitrogen and oxygen atoms in total. The molecular weight excluding hydrogens is 345 g/mol. The summed E-state index contributed by atoms with van der Waals surface area (Å²) in [5.41, 5.74) is 13.5. The van der Waals surface area contributed by atoms with Crippen LogP contribution in [0.1, 0.15) is 54.0 Å². The Hall–Kier alpha value is -2.61. The number of hydrogen-bond acceptors (Lipinski definition) is 1. The van der Waals surface area contributed by atoms with Crippen molar-refractivity contribution in [3.05, 3.63) is 100 Å². The van der Waals surface area contributed by atoms with E-state index in [0.717, 1.165) is 30.5 Å². The van der Waals surface area contributed by atoms with E-state index in [9.17, 15) is 4.39 Å². The summed E-state index contributed by atoms with van der Waals surface area (Å²) in [6, 6.07) is 21.6. The van der Waals surface area contributed by atoms with Crippen molar-refractivity contribution in [3.8, 4) is 0 Å². The second-order valence-electron chi connectivity index (χ2n) is 7.59. The monoisotopic (exact) mass is 377 g/mol. The Morgan fingerprint density at radius 3 is 1.96 bits per heavy atom. The highest BCUT2D eigenvalue weighted by Gasteiger charge is 2.11. The number of anilines is 1. The fourth-order valence-electron chi connectivity index (χ4n) is 3.31. The molecule has 3 aromatic rings. The summed E-state index contributed by atoms with van der Waals surface area (Å²) in [5, 5.41) is 0. The van der Waals surface area contributed by atoms with Crippen LogP contribution < -0.4 is 5.73 Å². The maximum absolute atomic E-state index is 12.1. The summed E-state index contributed by atoms with van der Waals surface area (Å²) in [6.45, 7) is 8.59. The average Bonchev–Trinajstić information content (AvgIpc) is 2.67. The maximum atomic E-state index is 12.1. The summed E-state index contributed by atoms with van der Waals surface area (Å²) in [6.07, 6.45) is 3.35. The quantitative estimate of drug-likeness (QED) is 0.475. The minimum atomic E-state index is -0.171. The van der Waals surface area contributed by atoms with Crippen LogP contribution in [0.3, 0.4) is 0 Å². The standard InChI is InChI=1S/C19H25N.C7H7F/c1-4-5-17-13-18(20)10-11-19(17)15(3)12-16-8-6-14(2)7-9-16;1-6-2-4-7(8)5-3-6/h6-11,13,15H,4-5,12,20H2,1-3H3;2-5H,1H3. The molecule has 0 radical (unpaired) electrons. The molecule has 0 aliphatic rings. The lowest BCUT2D eigenvalue weighted by Crippen LogP contribution is -2.04. The van der Waals surface area contributed by atoms with Gasteiger partial charge in [0, 0.05) is 5.69 Å². The van der Waals surface area contributed by atoms with E-state index in [0.29, 0.717) is 5.92 Å². The number of nitrogen functional groups attached to an aromatic ring is 1. The van der Waals surface area contributed by atoms with Crippen molar-refractivity contribution >= 4 is 5.69 Å². The van der Waals surface area contributed by atoms with E-state index >= 15 is 0 Å². The third kappa shape index (κ3) is 6.84. The molecule has 0 heterocycles. The minimum absolute atomic E-state index is 0.171. The second kappa shape index (κ2) is 10.7. The molecule has 1 atom stereocenters. The first-order valence-electron chi connectivity index (χ1n) is 10.0. The van der Waals surface area contributed by atoms with Gasteiger partial charge in [-0.25, -0.2) is 4.39 Å². The number of nitrogens with two attached hydrogens (primary N) is 1. The summed E-state index contributed by atoms with van der Waals surface area (Å²) in [7, 11) is 0. The highest BCUT2D eigenvalue weighted by atomic mass is 19.1. The number of halogens is 1. The van der Waals surface area contributed by atoms with E-state index < -0.39 is 0 Å². The van der Waals surface area contributed by atoms with Gasteiger partial charge in [-0.1, -0.05) is 73.9 Å². The minimum Gasteiger partial charge on any atom is -0.399 e. The predicted octanol–water partition coefficient (Wildman–Crippen LogP) is 7.01. The molecule has 148 valence electrons. The molecule has 1 unspecified atom stereocenters. The lowest BCUT2D eigenvalue weighted by molar-refractivity contribution is 0.627. The van der Waals surface area contributed by atoms with Crippen LogP contribution in [0.2, 0.25) is 0 Å². The fraction of sp³-hybridized carbons (Fsp3) is 0.308. The van der Waals surface area contributed by atoms with Crippen LogP contribution >= 0.6 is 0 Å². The Morgan fingerprint density at radius 2 is 1.43 bits per heavy atom. The Morgan fingerprint density at radius 1 is 0.857 bits per heavy atom. The summed E-state index contributed by atoms with van der Waals surface area (Å²) in [5.74, 6) is 0.357. The van der Waals surface area contributed by atoms with Crippen molar-refractivity contribution in [1.82, 2.24) is 0 Å². The van der Waals surface area contributed by atoms with Gasteiger partial charge in [0.2, 0.25) is 0 Å². The van der Waals surface area contributed by atoms with Crippen molar-refractivity contribution in [3.63, 3.8) is 0 Å². The first-order valence-corrected chi connectivity index (χ1v) is 10.0. The molecule has 0 spiro atoms. The maximum Gasteiger partial charge on any atom is 0.123 e. The van der Waals surface area contributed by atoms with Crippen molar-refractivity contribution in [1.29, 1.82) is 0 Å². The Balaban J connectivity index is 0.000000292. The van der Waals surface area contributed by atoms with Crippen LogP contribution in [-0.4, -0.2) is 0 Å². The zero-order chi connectivity index (χ0) is 20.5. The van der Waals surface area contributed by atoms with E-state index in [2.05, 4.69) is 57.2 Å². The highest BCUT2D eigenvalue weighted by Crippen LogP contribution is 2.26.